The van der Waals surface area contributed by atoms with Crippen molar-refractivity contribution >= 4 is 34.8 Å². The van der Waals surface area contributed by atoms with Crippen molar-refractivity contribution < 1.29 is 0 Å². The fourth-order valence-electron chi connectivity index (χ4n) is 4.38. The molecule has 0 aliphatic rings. The van der Waals surface area contributed by atoms with Crippen molar-refractivity contribution in [1.29, 1.82) is 0 Å². The minimum atomic E-state index is -1.35. The molecule has 2 heteroatoms. The quantitative estimate of drug-likeness (QED) is 0.289. The van der Waals surface area contributed by atoms with Gasteiger partial charge in [0.15, 0.2) is 0 Å². The van der Waals surface area contributed by atoms with Gasteiger partial charge in [0.05, 0.1) is 13.8 Å². The van der Waals surface area contributed by atoms with Crippen LogP contribution < -0.4 is 5.19 Å². The number of hydrogen-bond acceptors (Lipinski definition) is 1. The first-order valence-electron chi connectivity index (χ1n) is 9.66. The summed E-state index contributed by atoms with van der Waals surface area (Å²) >= 11 is 0. The second-order valence-electron chi connectivity index (χ2n) is 8.78. The summed E-state index contributed by atoms with van der Waals surface area (Å²) < 4.78 is 0. The van der Waals surface area contributed by atoms with Crippen LogP contribution in [0, 0.1) is 20.8 Å². The SMILES string of the molecule is Cc1cc(C)cc(-c2nccc3c2ccc2c(C)c([Si](C)(C)C)ccc23)c1. The molecule has 1 heterocycles. The van der Waals surface area contributed by atoms with Crippen molar-refractivity contribution in [3.05, 3.63) is 71.4 Å². The van der Waals surface area contributed by atoms with E-state index in [1.165, 1.54) is 43.8 Å². The van der Waals surface area contributed by atoms with Crippen LogP contribution in [0.15, 0.2) is 54.7 Å². The summed E-state index contributed by atoms with van der Waals surface area (Å²) in [4.78, 5) is 4.75. The van der Waals surface area contributed by atoms with E-state index in [0.29, 0.717) is 0 Å². The van der Waals surface area contributed by atoms with E-state index < -0.39 is 8.07 Å². The van der Waals surface area contributed by atoms with Gasteiger partial charge < -0.3 is 0 Å². The topological polar surface area (TPSA) is 12.9 Å². The molecule has 136 valence electrons. The Morgan fingerprint density at radius 3 is 1.93 bits per heavy atom. The van der Waals surface area contributed by atoms with E-state index in [9.17, 15) is 0 Å². The Morgan fingerprint density at radius 2 is 1.26 bits per heavy atom. The van der Waals surface area contributed by atoms with Gasteiger partial charge in [-0.3, -0.25) is 4.98 Å². The number of hydrogen-bond donors (Lipinski definition) is 0. The van der Waals surface area contributed by atoms with Gasteiger partial charge in [0.25, 0.3) is 0 Å². The second kappa shape index (κ2) is 6.31. The molecule has 0 atom stereocenters. The van der Waals surface area contributed by atoms with Gasteiger partial charge in [-0.15, -0.1) is 0 Å². The molecule has 27 heavy (non-hydrogen) atoms. The molecule has 4 rings (SSSR count). The summed E-state index contributed by atoms with van der Waals surface area (Å²) in [7, 11) is -1.35. The number of nitrogens with zero attached hydrogens (tertiary/aromatic N) is 1. The van der Waals surface area contributed by atoms with Crippen LogP contribution in [0.2, 0.25) is 19.6 Å². The Labute approximate surface area is 163 Å². The minimum absolute atomic E-state index is 1.08. The molecule has 0 spiro atoms. The zero-order chi connectivity index (χ0) is 19.3. The summed E-state index contributed by atoms with van der Waals surface area (Å²) in [5, 5.41) is 6.79. The van der Waals surface area contributed by atoms with Crippen molar-refractivity contribution in [2.45, 2.75) is 40.4 Å². The Morgan fingerprint density at radius 1 is 0.667 bits per heavy atom. The molecule has 0 saturated carbocycles. The molecule has 0 unspecified atom stereocenters. The molecule has 0 N–H and O–H groups in total. The average molecular weight is 370 g/mol. The predicted octanol–water partition coefficient (Wildman–Crippen LogP) is 6.53. The van der Waals surface area contributed by atoms with Crippen molar-refractivity contribution in [2.75, 3.05) is 0 Å². The van der Waals surface area contributed by atoms with Crippen LogP contribution >= 0.6 is 0 Å². The van der Waals surface area contributed by atoms with E-state index in [-0.39, 0.29) is 0 Å². The molecule has 0 amide bonds. The van der Waals surface area contributed by atoms with Crippen LogP contribution in [-0.4, -0.2) is 13.1 Å². The van der Waals surface area contributed by atoms with Crippen LogP contribution in [0.1, 0.15) is 16.7 Å². The maximum absolute atomic E-state index is 4.75. The summed E-state index contributed by atoms with van der Waals surface area (Å²) in [5.74, 6) is 0. The first-order valence-corrected chi connectivity index (χ1v) is 13.2. The van der Waals surface area contributed by atoms with Gasteiger partial charge in [-0.2, -0.15) is 0 Å². The fourth-order valence-corrected chi connectivity index (χ4v) is 6.22. The molecule has 4 aromatic rings. The Kier molecular flexibility index (Phi) is 4.19. The molecule has 0 radical (unpaired) electrons. The van der Waals surface area contributed by atoms with E-state index in [1.807, 2.05) is 6.20 Å². The second-order valence-corrected chi connectivity index (χ2v) is 13.8. The van der Waals surface area contributed by atoms with E-state index in [2.05, 4.69) is 88.9 Å². The molecule has 1 nitrogen and oxygen atoms in total. The molecular formula is C25H27NSi. The highest BCUT2D eigenvalue weighted by Gasteiger charge is 2.20. The highest BCUT2D eigenvalue weighted by Crippen LogP contribution is 2.33. The summed E-state index contributed by atoms with van der Waals surface area (Å²) in [6.07, 6.45) is 1.95. The lowest BCUT2D eigenvalue weighted by Gasteiger charge is -2.21. The first kappa shape index (κ1) is 17.9. The lowest BCUT2D eigenvalue weighted by atomic mass is 9.95. The van der Waals surface area contributed by atoms with E-state index in [0.717, 1.165) is 5.69 Å². The Bertz CT molecular complexity index is 1160. The van der Waals surface area contributed by atoms with Crippen LogP contribution in [0.25, 0.3) is 32.8 Å². The predicted molar refractivity (Wildman–Crippen MR) is 122 cm³/mol. The van der Waals surface area contributed by atoms with Crippen LogP contribution in [0.5, 0.6) is 0 Å². The van der Waals surface area contributed by atoms with Crippen molar-refractivity contribution in [1.82, 2.24) is 4.98 Å². The fraction of sp³-hybridized carbons (Fsp3) is 0.240. The van der Waals surface area contributed by atoms with Gasteiger partial charge in [0.1, 0.15) is 0 Å². The zero-order valence-corrected chi connectivity index (χ0v) is 18.1. The summed E-state index contributed by atoms with van der Waals surface area (Å²) in [5.41, 5.74) is 6.28. The molecule has 0 aliphatic heterocycles. The van der Waals surface area contributed by atoms with Crippen molar-refractivity contribution in [2.24, 2.45) is 0 Å². The van der Waals surface area contributed by atoms with Crippen LogP contribution in [0.3, 0.4) is 0 Å². The molecule has 0 fully saturated rings. The average Bonchev–Trinajstić information content (AvgIpc) is 2.59. The normalized spacial score (nSPS) is 12.1. The lowest BCUT2D eigenvalue weighted by Crippen LogP contribution is -2.39. The van der Waals surface area contributed by atoms with Gasteiger partial charge in [0, 0.05) is 17.1 Å². The number of rotatable bonds is 2. The maximum Gasteiger partial charge on any atom is 0.0780 e. The van der Waals surface area contributed by atoms with Gasteiger partial charge in [-0.1, -0.05) is 66.3 Å². The molecule has 0 saturated heterocycles. The number of aromatic nitrogens is 1. The highest BCUT2D eigenvalue weighted by atomic mass is 28.3. The van der Waals surface area contributed by atoms with Gasteiger partial charge in [-0.05, 0) is 60.7 Å². The van der Waals surface area contributed by atoms with Gasteiger partial charge in [-0.25, -0.2) is 0 Å². The highest BCUT2D eigenvalue weighted by molar-refractivity contribution is 6.89. The largest absolute Gasteiger partial charge is 0.256 e. The number of pyridine rings is 1. The molecule has 1 aromatic heterocycles. The molecule has 0 bridgehead atoms. The number of benzene rings is 3. The lowest BCUT2D eigenvalue weighted by molar-refractivity contribution is 1.33. The van der Waals surface area contributed by atoms with Crippen molar-refractivity contribution in [3.8, 4) is 11.3 Å². The summed E-state index contributed by atoms with van der Waals surface area (Å²) in [6.45, 7) is 13.9. The van der Waals surface area contributed by atoms with E-state index >= 15 is 0 Å². The third kappa shape index (κ3) is 3.08. The third-order valence-electron chi connectivity index (χ3n) is 5.51. The van der Waals surface area contributed by atoms with Gasteiger partial charge in [0.2, 0.25) is 0 Å². The number of fused-ring (bicyclic) bond motifs is 3. The number of aryl methyl sites for hydroxylation is 3. The Balaban J connectivity index is 2.03. The van der Waals surface area contributed by atoms with Gasteiger partial charge >= 0.3 is 0 Å². The molecule has 3 aromatic carbocycles. The first-order chi connectivity index (χ1) is 12.8. The standard InChI is InChI=1S/C25H27NSi/c1-16-13-17(2)15-19(14-16)25-23-8-7-20-18(3)24(27(4,5)6)10-9-21(20)22(23)11-12-26-25/h7-15H,1-6H3. The summed E-state index contributed by atoms with van der Waals surface area (Å²) in [6, 6.07) is 18.1. The molecular weight excluding hydrogens is 342 g/mol. The van der Waals surface area contributed by atoms with E-state index in [4.69, 9.17) is 4.98 Å². The van der Waals surface area contributed by atoms with Crippen LogP contribution in [0.4, 0.5) is 0 Å². The Hall–Kier alpha value is -2.45. The minimum Gasteiger partial charge on any atom is -0.256 e. The maximum atomic E-state index is 4.75. The third-order valence-corrected chi connectivity index (χ3v) is 7.67. The van der Waals surface area contributed by atoms with Crippen LogP contribution in [-0.2, 0) is 0 Å². The van der Waals surface area contributed by atoms with Crippen molar-refractivity contribution in [3.63, 3.8) is 0 Å². The zero-order valence-electron chi connectivity index (χ0n) is 17.1. The monoisotopic (exact) mass is 369 g/mol. The smallest absolute Gasteiger partial charge is 0.0780 e. The molecule has 0 aliphatic carbocycles. The van der Waals surface area contributed by atoms with E-state index in [1.54, 1.807) is 5.19 Å².